The molecule has 0 unspecified atom stereocenters. The Hall–Kier alpha value is -3.19. The molecule has 46 heavy (non-hydrogen) atoms. The zero-order chi connectivity index (χ0) is 32.9. The van der Waals surface area contributed by atoms with Gasteiger partial charge >= 0.3 is 0 Å². The summed E-state index contributed by atoms with van der Waals surface area (Å²) in [4.78, 5) is 0. The molecule has 1 fully saturated rings. The lowest BCUT2D eigenvalue weighted by Crippen LogP contribution is -2.58. The molecule has 1 saturated carbocycles. The van der Waals surface area contributed by atoms with Crippen molar-refractivity contribution in [1.82, 2.24) is 0 Å². The lowest BCUT2D eigenvalue weighted by atomic mass is 9.81. The van der Waals surface area contributed by atoms with E-state index < -0.39 is 46.2 Å². The average molecular weight is 659 g/mol. The van der Waals surface area contributed by atoms with Gasteiger partial charge in [0.1, 0.15) is 29.5 Å². The van der Waals surface area contributed by atoms with E-state index in [1.54, 1.807) is 21.3 Å². The summed E-state index contributed by atoms with van der Waals surface area (Å²) in [6.45, 7) is 3.21. The van der Waals surface area contributed by atoms with E-state index in [2.05, 4.69) is 6.92 Å². The predicted octanol–water partition coefficient (Wildman–Crippen LogP) is 5.86. The van der Waals surface area contributed by atoms with Crippen LogP contribution in [0.4, 0.5) is 0 Å². The molecule has 3 aromatic rings. The molecule has 0 amide bonds. The molecule has 0 radical (unpaired) electrons. The van der Waals surface area contributed by atoms with E-state index in [9.17, 15) is 13.0 Å². The Kier molecular flexibility index (Phi) is 13.7. The summed E-state index contributed by atoms with van der Waals surface area (Å²) in [5, 5.41) is 0. The number of hydrogen-bond acceptors (Lipinski definition) is 9. The number of methoxy groups -OCH3 is 3. The minimum atomic E-state index is -4.35. The molecule has 1 aliphatic carbocycles. The molecule has 5 atom stereocenters. The fraction of sp³-hybridized carbons (Fsp3) is 0.486. The number of hydrogen-bond donors (Lipinski definition) is 1. The molecule has 252 valence electrons. The second-order valence-corrected chi connectivity index (χ2v) is 12.9. The topological polar surface area (TPSA) is 119 Å². The Morgan fingerprint density at radius 1 is 0.630 bits per heavy atom. The Morgan fingerprint density at radius 2 is 1.04 bits per heavy atom. The minimum absolute atomic E-state index is 0.186. The van der Waals surface area contributed by atoms with Gasteiger partial charge in [0.2, 0.25) is 0 Å². The minimum Gasteiger partial charge on any atom is -0.497 e. The van der Waals surface area contributed by atoms with Crippen LogP contribution in [0.25, 0.3) is 0 Å². The zero-order valence-electron chi connectivity index (χ0n) is 27.0. The molecule has 0 saturated heterocycles. The lowest BCUT2D eigenvalue weighted by Gasteiger charge is -2.46. The first-order valence-electron chi connectivity index (χ1n) is 15.5. The molecule has 0 spiro atoms. The van der Waals surface area contributed by atoms with Crippen LogP contribution in [-0.2, 0) is 48.9 Å². The quantitative estimate of drug-likeness (QED) is 0.132. The summed E-state index contributed by atoms with van der Waals surface area (Å²) >= 11 is 0. The van der Waals surface area contributed by atoms with Crippen molar-refractivity contribution in [2.45, 2.75) is 70.4 Å². The lowest BCUT2D eigenvalue weighted by molar-refractivity contribution is -0.225. The Balaban J connectivity index is 1.67. The van der Waals surface area contributed by atoms with E-state index in [1.165, 1.54) is 0 Å². The molecule has 1 aliphatic rings. The Labute approximate surface area is 272 Å². The van der Waals surface area contributed by atoms with Gasteiger partial charge in [-0.25, -0.2) is 0 Å². The maximum absolute atomic E-state index is 12.3. The molecule has 0 aliphatic heterocycles. The first kappa shape index (κ1) is 35.7. The van der Waals surface area contributed by atoms with Crippen LogP contribution in [0.2, 0.25) is 0 Å². The summed E-state index contributed by atoms with van der Waals surface area (Å²) in [5.41, 5.74) is 2.69. The highest BCUT2D eigenvalue weighted by Gasteiger charge is 2.49. The molecule has 0 aromatic heterocycles. The normalized spacial score (nSPS) is 21.5. The molecule has 0 bridgehead atoms. The summed E-state index contributed by atoms with van der Waals surface area (Å²) < 4.78 is 76.6. The second-order valence-electron chi connectivity index (χ2n) is 11.4. The Bertz CT molecular complexity index is 1410. The molecule has 1 N–H and O–H groups in total. The maximum Gasteiger partial charge on any atom is 0.265 e. The van der Waals surface area contributed by atoms with Crippen molar-refractivity contribution < 1.29 is 46.1 Å². The van der Waals surface area contributed by atoms with Gasteiger partial charge in [-0.1, -0.05) is 49.7 Å². The smallest absolute Gasteiger partial charge is 0.265 e. The van der Waals surface area contributed by atoms with Crippen molar-refractivity contribution in [3.8, 4) is 17.2 Å². The number of unbranched alkanes of at least 4 members (excludes halogenated alkanes) is 1. The van der Waals surface area contributed by atoms with Crippen LogP contribution in [0.3, 0.4) is 0 Å². The number of benzene rings is 3. The van der Waals surface area contributed by atoms with Crippen LogP contribution in [0.15, 0.2) is 72.8 Å². The van der Waals surface area contributed by atoms with Gasteiger partial charge in [0.05, 0.1) is 59.1 Å². The third-order valence-corrected chi connectivity index (χ3v) is 8.92. The second kappa shape index (κ2) is 17.7. The summed E-state index contributed by atoms with van der Waals surface area (Å²) in [5.74, 6) is 1.05. The van der Waals surface area contributed by atoms with Gasteiger partial charge in [0.15, 0.2) is 0 Å². The predicted molar refractivity (Wildman–Crippen MR) is 174 cm³/mol. The van der Waals surface area contributed by atoms with Crippen LogP contribution in [0.5, 0.6) is 17.2 Å². The maximum atomic E-state index is 12.3. The molecule has 11 heteroatoms. The third-order valence-electron chi connectivity index (χ3n) is 8.07. The van der Waals surface area contributed by atoms with E-state index in [0.717, 1.165) is 41.0 Å². The van der Waals surface area contributed by atoms with Crippen LogP contribution >= 0.6 is 0 Å². The average Bonchev–Trinajstić information content (AvgIpc) is 3.06. The van der Waals surface area contributed by atoms with Crippen LogP contribution in [0, 0.1) is 5.92 Å². The van der Waals surface area contributed by atoms with E-state index in [1.807, 2.05) is 72.8 Å². The van der Waals surface area contributed by atoms with Crippen molar-refractivity contribution in [2.75, 3.05) is 33.7 Å². The van der Waals surface area contributed by atoms with Crippen molar-refractivity contribution in [3.63, 3.8) is 0 Å². The summed E-state index contributed by atoms with van der Waals surface area (Å²) in [7, 11) is 0.476. The first-order valence-corrected chi connectivity index (χ1v) is 17.1. The molecular weight excluding hydrogens is 612 g/mol. The monoisotopic (exact) mass is 658 g/mol. The van der Waals surface area contributed by atoms with Gasteiger partial charge < -0.3 is 33.2 Å². The standard InChI is InChI=1S/C35H46O10S/c1-5-6-19-42-32-20-28(24-46(36,37)38)33(43-21-25-7-13-29(39-2)14-8-25)35(45-23-27-11-17-31(41-4)18-12-27)34(32)44-22-26-9-15-30(40-3)16-10-26/h7-18,28,32-35H,5-6,19-24H2,1-4H3,(H,36,37,38)/t28-,32-,33+,34+,35+/m1/s1. The van der Waals surface area contributed by atoms with Crippen molar-refractivity contribution in [3.05, 3.63) is 89.5 Å². The zero-order valence-corrected chi connectivity index (χ0v) is 27.8. The molecule has 3 aromatic carbocycles. The third kappa shape index (κ3) is 10.7. The first-order chi connectivity index (χ1) is 22.2. The molecular formula is C35H46O10S. The highest BCUT2D eigenvalue weighted by molar-refractivity contribution is 7.85. The van der Waals surface area contributed by atoms with Gasteiger partial charge in [-0.05, 0) is 65.9 Å². The highest BCUT2D eigenvalue weighted by Crippen LogP contribution is 2.36. The van der Waals surface area contributed by atoms with Gasteiger partial charge in [-0.15, -0.1) is 0 Å². The summed E-state index contributed by atoms with van der Waals surface area (Å²) in [6, 6.07) is 22.6. The van der Waals surface area contributed by atoms with E-state index in [-0.39, 0.29) is 19.8 Å². The van der Waals surface area contributed by atoms with Gasteiger partial charge in [-0.3, -0.25) is 4.55 Å². The van der Waals surface area contributed by atoms with Crippen LogP contribution < -0.4 is 14.2 Å². The van der Waals surface area contributed by atoms with Gasteiger partial charge in [0, 0.05) is 12.5 Å². The Morgan fingerprint density at radius 3 is 1.43 bits per heavy atom. The van der Waals surface area contributed by atoms with E-state index in [0.29, 0.717) is 18.8 Å². The fourth-order valence-corrected chi connectivity index (χ4v) is 6.44. The van der Waals surface area contributed by atoms with E-state index in [4.69, 9.17) is 33.2 Å². The fourth-order valence-electron chi connectivity index (χ4n) is 5.57. The SMILES string of the molecule is CCCCO[C@@H]1C[C@H](CS(=O)(=O)O)[C@H](OCc2ccc(OC)cc2)[C@H](OCc2ccc(OC)cc2)[C@H]1OCc1ccc(OC)cc1. The molecule has 4 rings (SSSR count). The van der Waals surface area contributed by atoms with Crippen molar-refractivity contribution >= 4 is 10.1 Å². The van der Waals surface area contributed by atoms with Gasteiger partial charge in [-0.2, -0.15) is 8.42 Å². The summed E-state index contributed by atoms with van der Waals surface area (Å²) in [6.07, 6.45) is -0.510. The number of ether oxygens (including phenoxy) is 7. The van der Waals surface area contributed by atoms with Crippen molar-refractivity contribution in [1.29, 1.82) is 0 Å². The largest absolute Gasteiger partial charge is 0.497 e. The van der Waals surface area contributed by atoms with E-state index >= 15 is 0 Å². The highest BCUT2D eigenvalue weighted by atomic mass is 32.2. The van der Waals surface area contributed by atoms with Crippen LogP contribution in [-0.4, -0.2) is 71.1 Å². The number of rotatable bonds is 18. The molecule has 0 heterocycles. The van der Waals surface area contributed by atoms with Gasteiger partial charge in [0.25, 0.3) is 10.1 Å². The molecule has 10 nitrogen and oxygen atoms in total. The van der Waals surface area contributed by atoms with Crippen molar-refractivity contribution in [2.24, 2.45) is 5.92 Å². The van der Waals surface area contributed by atoms with Crippen LogP contribution in [0.1, 0.15) is 42.9 Å².